The molecule has 2 heterocycles. The monoisotopic (exact) mass is 339 g/mol. The number of nitrogens with one attached hydrogen (secondary N) is 2. The molecule has 0 aliphatic carbocycles. The first kappa shape index (κ1) is 17.4. The minimum atomic E-state index is 0.0259. The van der Waals surface area contributed by atoms with Crippen LogP contribution in [0, 0.1) is 0 Å². The fourth-order valence-corrected chi connectivity index (χ4v) is 3.08. The summed E-state index contributed by atoms with van der Waals surface area (Å²) in [6, 6.07) is 8.19. The normalized spacial score (nSPS) is 11.3. The van der Waals surface area contributed by atoms with Gasteiger partial charge in [-0.2, -0.15) is 0 Å². The predicted molar refractivity (Wildman–Crippen MR) is 100 cm³/mol. The van der Waals surface area contributed by atoms with E-state index in [0.29, 0.717) is 6.54 Å². The lowest BCUT2D eigenvalue weighted by atomic mass is 10.2. The van der Waals surface area contributed by atoms with Gasteiger partial charge in [-0.25, -0.2) is 4.98 Å². The Kier molecular flexibility index (Phi) is 5.60. The number of para-hydroxylation sites is 1. The van der Waals surface area contributed by atoms with Gasteiger partial charge in [-0.05, 0) is 25.5 Å². The summed E-state index contributed by atoms with van der Waals surface area (Å²) >= 11 is 0. The van der Waals surface area contributed by atoms with Crippen molar-refractivity contribution in [1.82, 2.24) is 25.2 Å². The molecule has 0 bridgehead atoms. The number of amides is 1. The van der Waals surface area contributed by atoms with E-state index in [1.165, 1.54) is 0 Å². The van der Waals surface area contributed by atoms with Crippen LogP contribution in [0.1, 0.15) is 32.5 Å². The molecule has 132 valence electrons. The van der Waals surface area contributed by atoms with Crippen molar-refractivity contribution in [3.63, 3.8) is 0 Å². The number of pyridine rings is 1. The fourth-order valence-electron chi connectivity index (χ4n) is 3.08. The average molecular weight is 339 g/mol. The number of benzene rings is 1. The number of hydrogen-bond acceptors (Lipinski definition) is 4. The Hall–Kier alpha value is -2.47. The van der Waals surface area contributed by atoms with Crippen LogP contribution in [0.5, 0.6) is 0 Å². The highest BCUT2D eigenvalue weighted by Gasteiger charge is 2.13. The van der Waals surface area contributed by atoms with Crippen LogP contribution in [0.4, 0.5) is 0 Å². The summed E-state index contributed by atoms with van der Waals surface area (Å²) in [6.45, 7) is 6.89. The summed E-state index contributed by atoms with van der Waals surface area (Å²) in [5.74, 6) is 1.06. The third-order valence-electron chi connectivity index (χ3n) is 4.27. The SMILES string of the molecule is CCNCc1nc2cnc3ccccc3c2n1CCCCNC(C)=O. The molecule has 3 rings (SSSR count). The Bertz CT molecular complexity index is 871. The molecule has 25 heavy (non-hydrogen) atoms. The van der Waals surface area contributed by atoms with E-state index in [1.807, 2.05) is 24.4 Å². The van der Waals surface area contributed by atoms with E-state index in [9.17, 15) is 4.79 Å². The molecule has 0 saturated heterocycles. The Labute approximate surface area is 147 Å². The van der Waals surface area contributed by atoms with Crippen molar-refractivity contribution < 1.29 is 4.79 Å². The maximum absolute atomic E-state index is 11.0. The van der Waals surface area contributed by atoms with Crippen LogP contribution >= 0.6 is 0 Å². The van der Waals surface area contributed by atoms with Crippen LogP contribution in [0.15, 0.2) is 30.5 Å². The number of fused-ring (bicyclic) bond motifs is 3. The van der Waals surface area contributed by atoms with Gasteiger partial charge in [0.15, 0.2) is 0 Å². The van der Waals surface area contributed by atoms with Gasteiger partial charge in [0.1, 0.15) is 11.3 Å². The maximum Gasteiger partial charge on any atom is 0.216 e. The summed E-state index contributed by atoms with van der Waals surface area (Å²) in [5.41, 5.74) is 3.08. The third-order valence-corrected chi connectivity index (χ3v) is 4.27. The molecule has 0 aliphatic heterocycles. The van der Waals surface area contributed by atoms with Crippen LogP contribution in [-0.2, 0) is 17.9 Å². The van der Waals surface area contributed by atoms with E-state index in [1.54, 1.807) is 6.92 Å². The highest BCUT2D eigenvalue weighted by atomic mass is 16.1. The molecule has 6 nitrogen and oxygen atoms in total. The number of carbonyl (C=O) groups is 1. The Morgan fingerprint density at radius 3 is 2.84 bits per heavy atom. The summed E-state index contributed by atoms with van der Waals surface area (Å²) in [4.78, 5) is 20.3. The maximum atomic E-state index is 11.0. The van der Waals surface area contributed by atoms with Gasteiger partial charge in [0.2, 0.25) is 5.91 Å². The van der Waals surface area contributed by atoms with Gasteiger partial charge in [0, 0.05) is 25.4 Å². The molecule has 1 aromatic carbocycles. The quantitative estimate of drug-likeness (QED) is 0.619. The van der Waals surface area contributed by atoms with E-state index >= 15 is 0 Å². The van der Waals surface area contributed by atoms with Gasteiger partial charge in [-0.15, -0.1) is 0 Å². The molecule has 6 heteroatoms. The van der Waals surface area contributed by atoms with Crippen LogP contribution in [0.2, 0.25) is 0 Å². The van der Waals surface area contributed by atoms with E-state index in [-0.39, 0.29) is 5.91 Å². The highest BCUT2D eigenvalue weighted by molar-refractivity contribution is 6.02. The van der Waals surface area contributed by atoms with E-state index in [0.717, 1.165) is 60.2 Å². The van der Waals surface area contributed by atoms with Gasteiger partial charge in [0.25, 0.3) is 0 Å². The Morgan fingerprint density at radius 1 is 1.20 bits per heavy atom. The number of unbranched alkanes of at least 4 members (excludes halogenated alkanes) is 1. The lowest BCUT2D eigenvalue weighted by Crippen LogP contribution is -2.21. The topological polar surface area (TPSA) is 71.8 Å². The standard InChI is InChI=1S/C19H25N5O/c1-3-20-13-18-23-17-12-22-16-9-5-4-8-15(16)19(17)24(18)11-7-6-10-21-14(2)25/h4-5,8-9,12,20H,3,6-7,10-11,13H2,1-2H3,(H,21,25). The second-order valence-corrected chi connectivity index (χ2v) is 6.16. The molecular weight excluding hydrogens is 314 g/mol. The smallest absolute Gasteiger partial charge is 0.216 e. The molecule has 0 unspecified atom stereocenters. The fraction of sp³-hybridized carbons (Fsp3) is 0.421. The number of aryl methyl sites for hydroxylation is 1. The van der Waals surface area contributed by atoms with Crippen molar-refractivity contribution in [2.75, 3.05) is 13.1 Å². The number of carbonyl (C=O) groups excluding carboxylic acids is 1. The van der Waals surface area contributed by atoms with Crippen LogP contribution in [0.3, 0.4) is 0 Å². The molecule has 0 fully saturated rings. The highest BCUT2D eigenvalue weighted by Crippen LogP contribution is 2.25. The number of nitrogens with zero attached hydrogens (tertiary/aromatic N) is 3. The van der Waals surface area contributed by atoms with Crippen LogP contribution < -0.4 is 10.6 Å². The molecule has 0 spiro atoms. The first-order valence-corrected chi connectivity index (χ1v) is 8.88. The third kappa shape index (κ3) is 3.96. The average Bonchev–Trinajstić information content (AvgIpc) is 2.97. The van der Waals surface area contributed by atoms with Crippen LogP contribution in [-0.4, -0.2) is 33.5 Å². The summed E-state index contributed by atoms with van der Waals surface area (Å²) < 4.78 is 2.30. The van der Waals surface area contributed by atoms with Gasteiger partial charge in [0.05, 0.1) is 23.8 Å². The zero-order chi connectivity index (χ0) is 17.6. The molecule has 0 radical (unpaired) electrons. The molecule has 0 saturated carbocycles. The number of aromatic nitrogens is 3. The van der Waals surface area contributed by atoms with Crippen molar-refractivity contribution in [3.05, 3.63) is 36.3 Å². The van der Waals surface area contributed by atoms with Crippen molar-refractivity contribution in [2.24, 2.45) is 0 Å². The second kappa shape index (κ2) is 8.07. The summed E-state index contributed by atoms with van der Waals surface area (Å²) in [5, 5.41) is 7.36. The molecule has 3 aromatic rings. The number of hydrogen-bond donors (Lipinski definition) is 2. The summed E-state index contributed by atoms with van der Waals surface area (Å²) in [6.07, 6.45) is 3.80. The second-order valence-electron chi connectivity index (χ2n) is 6.16. The van der Waals surface area contributed by atoms with Gasteiger partial charge in [-0.1, -0.05) is 25.1 Å². The lowest BCUT2D eigenvalue weighted by Gasteiger charge is -2.11. The molecule has 2 aromatic heterocycles. The van der Waals surface area contributed by atoms with Crippen molar-refractivity contribution >= 4 is 27.8 Å². The van der Waals surface area contributed by atoms with Gasteiger partial charge in [-0.3, -0.25) is 9.78 Å². The molecule has 0 aliphatic rings. The molecule has 2 N–H and O–H groups in total. The van der Waals surface area contributed by atoms with Crippen molar-refractivity contribution in [3.8, 4) is 0 Å². The van der Waals surface area contributed by atoms with Gasteiger partial charge >= 0.3 is 0 Å². The Balaban J connectivity index is 1.91. The zero-order valence-electron chi connectivity index (χ0n) is 14.9. The van der Waals surface area contributed by atoms with E-state index in [2.05, 4.69) is 33.2 Å². The van der Waals surface area contributed by atoms with Crippen LogP contribution in [0.25, 0.3) is 21.9 Å². The first-order valence-electron chi connectivity index (χ1n) is 8.88. The molecular formula is C19H25N5O. The predicted octanol–water partition coefficient (Wildman–Crippen LogP) is 2.61. The molecule has 1 amide bonds. The first-order chi connectivity index (χ1) is 12.2. The minimum Gasteiger partial charge on any atom is -0.356 e. The number of imidazole rings is 1. The largest absolute Gasteiger partial charge is 0.356 e. The number of rotatable bonds is 8. The zero-order valence-corrected chi connectivity index (χ0v) is 14.9. The van der Waals surface area contributed by atoms with E-state index in [4.69, 9.17) is 4.98 Å². The summed E-state index contributed by atoms with van der Waals surface area (Å²) in [7, 11) is 0. The van der Waals surface area contributed by atoms with Crippen molar-refractivity contribution in [1.29, 1.82) is 0 Å². The Morgan fingerprint density at radius 2 is 2.04 bits per heavy atom. The minimum absolute atomic E-state index is 0.0259. The van der Waals surface area contributed by atoms with Gasteiger partial charge < -0.3 is 15.2 Å². The molecule has 0 atom stereocenters. The van der Waals surface area contributed by atoms with E-state index < -0.39 is 0 Å². The lowest BCUT2D eigenvalue weighted by molar-refractivity contribution is -0.118. The van der Waals surface area contributed by atoms with Crippen molar-refractivity contribution in [2.45, 2.75) is 39.8 Å².